The summed E-state index contributed by atoms with van der Waals surface area (Å²) < 4.78 is 46.1. The number of hydrogen-bond acceptors (Lipinski definition) is 7. The molecule has 0 bridgehead atoms. The monoisotopic (exact) mass is 611 g/mol. The van der Waals surface area contributed by atoms with Gasteiger partial charge in [0.2, 0.25) is 0 Å². The summed E-state index contributed by atoms with van der Waals surface area (Å²) in [6.45, 7) is 3.97. The van der Waals surface area contributed by atoms with E-state index in [1.54, 1.807) is 67.6 Å². The van der Waals surface area contributed by atoms with Gasteiger partial charge in [-0.15, -0.1) is 0 Å². The Morgan fingerprint density at radius 2 is 1.45 bits per heavy atom. The molecule has 0 aliphatic heterocycles. The Morgan fingerprint density at radius 3 is 2.11 bits per heavy atom. The standard InChI is InChI=1S/C35H33NO7S/c1-22-10-15-27(16-11-22)44(39,40)36-29-18-25(13-12-23(29)2)28-20-32(41-3)33(34(38)35(28)42-4)26-14-17-31(30(37)19-26)43-21-24-8-6-5-7-9-24/h5-20,36-38H,21H2,1-4H3. The number of aryl methyl sites for hydroxylation is 2. The largest absolute Gasteiger partial charge is 0.504 e. The van der Waals surface area contributed by atoms with Crippen molar-refractivity contribution in [3.8, 4) is 51.0 Å². The van der Waals surface area contributed by atoms with Crippen LogP contribution in [0.2, 0.25) is 0 Å². The molecule has 8 nitrogen and oxygen atoms in total. The van der Waals surface area contributed by atoms with E-state index in [-0.39, 0.29) is 28.8 Å². The second kappa shape index (κ2) is 12.6. The fourth-order valence-corrected chi connectivity index (χ4v) is 5.96. The van der Waals surface area contributed by atoms with Gasteiger partial charge in [-0.1, -0.05) is 66.2 Å². The highest BCUT2D eigenvalue weighted by atomic mass is 32.2. The molecule has 0 amide bonds. The van der Waals surface area contributed by atoms with E-state index in [4.69, 9.17) is 14.2 Å². The molecule has 0 heterocycles. The van der Waals surface area contributed by atoms with Crippen molar-refractivity contribution in [2.45, 2.75) is 25.3 Å². The van der Waals surface area contributed by atoms with E-state index in [0.29, 0.717) is 45.0 Å². The van der Waals surface area contributed by atoms with Gasteiger partial charge < -0.3 is 24.4 Å². The van der Waals surface area contributed by atoms with Crippen molar-refractivity contribution >= 4 is 15.7 Å². The van der Waals surface area contributed by atoms with Gasteiger partial charge in [0.1, 0.15) is 12.4 Å². The van der Waals surface area contributed by atoms with Crippen molar-refractivity contribution in [1.29, 1.82) is 0 Å². The maximum atomic E-state index is 13.1. The summed E-state index contributed by atoms with van der Waals surface area (Å²) in [7, 11) is -0.941. The van der Waals surface area contributed by atoms with E-state index in [0.717, 1.165) is 11.1 Å². The summed E-state index contributed by atoms with van der Waals surface area (Å²) >= 11 is 0. The number of benzene rings is 5. The quantitative estimate of drug-likeness (QED) is 0.150. The van der Waals surface area contributed by atoms with Crippen molar-refractivity contribution in [2.24, 2.45) is 0 Å². The van der Waals surface area contributed by atoms with E-state index in [1.165, 1.54) is 20.3 Å². The molecule has 5 rings (SSSR count). The lowest BCUT2D eigenvalue weighted by Crippen LogP contribution is -2.13. The minimum Gasteiger partial charge on any atom is -0.504 e. The van der Waals surface area contributed by atoms with Crippen molar-refractivity contribution in [2.75, 3.05) is 18.9 Å². The van der Waals surface area contributed by atoms with Crippen LogP contribution in [-0.4, -0.2) is 32.9 Å². The summed E-state index contributed by atoms with van der Waals surface area (Å²) in [4.78, 5) is 0.147. The molecule has 5 aromatic rings. The van der Waals surface area contributed by atoms with Gasteiger partial charge >= 0.3 is 0 Å². The summed E-state index contributed by atoms with van der Waals surface area (Å²) in [5.74, 6) is 0.451. The number of anilines is 1. The van der Waals surface area contributed by atoms with Crippen molar-refractivity contribution in [3.63, 3.8) is 0 Å². The first-order valence-electron chi connectivity index (χ1n) is 13.8. The van der Waals surface area contributed by atoms with Crippen LogP contribution in [0.3, 0.4) is 0 Å². The normalized spacial score (nSPS) is 11.2. The lowest BCUT2D eigenvalue weighted by atomic mass is 9.95. The predicted molar refractivity (Wildman–Crippen MR) is 171 cm³/mol. The topological polar surface area (TPSA) is 114 Å². The average Bonchev–Trinajstić information content (AvgIpc) is 3.01. The second-order valence-electron chi connectivity index (χ2n) is 10.3. The highest BCUT2D eigenvalue weighted by molar-refractivity contribution is 7.92. The fourth-order valence-electron chi connectivity index (χ4n) is 4.84. The van der Waals surface area contributed by atoms with E-state index in [2.05, 4.69) is 4.72 Å². The number of ether oxygens (including phenoxy) is 3. The maximum Gasteiger partial charge on any atom is 0.261 e. The maximum absolute atomic E-state index is 13.1. The van der Waals surface area contributed by atoms with Gasteiger partial charge in [-0.05, 0) is 72.5 Å². The Bertz CT molecular complexity index is 1900. The third-order valence-electron chi connectivity index (χ3n) is 7.25. The second-order valence-corrected chi connectivity index (χ2v) is 12.0. The van der Waals surface area contributed by atoms with Crippen LogP contribution in [0.15, 0.2) is 102 Å². The molecular weight excluding hydrogens is 578 g/mol. The molecule has 0 spiro atoms. The Hall–Kier alpha value is -5.15. The minimum absolute atomic E-state index is 0.105. The first-order chi connectivity index (χ1) is 21.1. The molecule has 0 aliphatic carbocycles. The number of phenols is 2. The van der Waals surface area contributed by atoms with E-state index in [1.807, 2.05) is 37.3 Å². The van der Waals surface area contributed by atoms with Gasteiger partial charge in [0, 0.05) is 5.56 Å². The fraction of sp³-hybridized carbons (Fsp3) is 0.143. The minimum atomic E-state index is -3.85. The zero-order valence-electron chi connectivity index (χ0n) is 24.8. The predicted octanol–water partition coefficient (Wildman–Crippen LogP) is 7.45. The van der Waals surface area contributed by atoms with Gasteiger partial charge in [0.05, 0.1) is 30.4 Å². The van der Waals surface area contributed by atoms with Gasteiger partial charge in [-0.2, -0.15) is 0 Å². The molecule has 44 heavy (non-hydrogen) atoms. The van der Waals surface area contributed by atoms with E-state index in [9.17, 15) is 18.6 Å². The van der Waals surface area contributed by atoms with Crippen LogP contribution in [0.5, 0.6) is 28.7 Å². The summed E-state index contributed by atoms with van der Waals surface area (Å²) in [6, 6.07) is 28.0. The molecule has 0 aromatic heterocycles. The smallest absolute Gasteiger partial charge is 0.261 e. The number of sulfonamides is 1. The van der Waals surface area contributed by atoms with Gasteiger partial charge in [0.25, 0.3) is 10.0 Å². The number of aromatic hydroxyl groups is 2. The summed E-state index contributed by atoms with van der Waals surface area (Å²) in [5.41, 5.74) is 4.85. The van der Waals surface area contributed by atoms with Crippen molar-refractivity contribution in [3.05, 3.63) is 114 Å². The number of methoxy groups -OCH3 is 2. The molecule has 0 radical (unpaired) electrons. The lowest BCUT2D eigenvalue weighted by Gasteiger charge is -2.19. The van der Waals surface area contributed by atoms with Crippen LogP contribution in [-0.2, 0) is 16.6 Å². The van der Waals surface area contributed by atoms with E-state index < -0.39 is 10.0 Å². The number of hydrogen-bond donors (Lipinski definition) is 3. The zero-order valence-corrected chi connectivity index (χ0v) is 25.6. The van der Waals surface area contributed by atoms with Crippen LogP contribution < -0.4 is 18.9 Å². The molecule has 0 aliphatic rings. The molecule has 3 N–H and O–H groups in total. The zero-order chi connectivity index (χ0) is 31.4. The number of phenolic OH excluding ortho intramolecular Hbond substituents is 2. The molecule has 5 aromatic carbocycles. The van der Waals surface area contributed by atoms with E-state index >= 15 is 0 Å². The van der Waals surface area contributed by atoms with Gasteiger partial charge in [-0.25, -0.2) is 8.42 Å². The third-order valence-corrected chi connectivity index (χ3v) is 8.63. The van der Waals surface area contributed by atoms with Crippen LogP contribution in [0.1, 0.15) is 16.7 Å². The molecular formula is C35H33NO7S. The first-order valence-corrected chi connectivity index (χ1v) is 15.3. The van der Waals surface area contributed by atoms with Crippen molar-refractivity contribution < 1.29 is 32.8 Å². The Balaban J connectivity index is 1.50. The van der Waals surface area contributed by atoms with Crippen LogP contribution in [0.25, 0.3) is 22.3 Å². The number of rotatable bonds is 10. The highest BCUT2D eigenvalue weighted by Crippen LogP contribution is 2.50. The molecule has 0 fully saturated rings. The first kappa shape index (κ1) is 30.3. The van der Waals surface area contributed by atoms with Gasteiger partial charge in [0.15, 0.2) is 23.0 Å². The average molecular weight is 612 g/mol. The van der Waals surface area contributed by atoms with Crippen LogP contribution in [0, 0.1) is 13.8 Å². The molecule has 0 unspecified atom stereocenters. The molecule has 0 saturated carbocycles. The summed E-state index contributed by atoms with van der Waals surface area (Å²) in [6.07, 6.45) is 0. The third kappa shape index (κ3) is 6.28. The molecule has 9 heteroatoms. The Labute approximate surface area is 257 Å². The van der Waals surface area contributed by atoms with Gasteiger partial charge in [-0.3, -0.25) is 4.72 Å². The molecule has 226 valence electrons. The number of nitrogens with one attached hydrogen (secondary N) is 1. The van der Waals surface area contributed by atoms with Crippen LogP contribution in [0.4, 0.5) is 5.69 Å². The van der Waals surface area contributed by atoms with Crippen molar-refractivity contribution in [1.82, 2.24) is 0 Å². The molecule has 0 saturated heterocycles. The lowest BCUT2D eigenvalue weighted by molar-refractivity contribution is 0.289. The Morgan fingerprint density at radius 1 is 0.750 bits per heavy atom. The summed E-state index contributed by atoms with van der Waals surface area (Å²) in [5, 5.41) is 22.2. The SMILES string of the molecule is COc1cc(-c2ccc(C)c(NS(=O)(=O)c3ccc(C)cc3)c2)c(OC)c(O)c1-c1ccc(OCc2ccccc2)c(O)c1. The highest BCUT2D eigenvalue weighted by Gasteiger charge is 2.24. The molecule has 0 atom stereocenters. The Kier molecular flexibility index (Phi) is 8.69. The van der Waals surface area contributed by atoms with Crippen LogP contribution >= 0.6 is 0 Å².